The van der Waals surface area contributed by atoms with Crippen LogP contribution in [0.1, 0.15) is 33.6 Å². The number of nitrogens with two attached hydrogens (primary N) is 1. The number of likely N-dealkylation sites (tertiary alicyclic amines) is 1. The molecule has 1 fully saturated rings. The standard InChI is InChI=1S/C12H23N3O2/c1-4-14(5-2)12(17)10-7-6-8-15(10)11(16)9(3)13/h9-10H,4-8,13H2,1-3H3/t9-,10?/m0/s1. The van der Waals surface area contributed by atoms with E-state index in [1.165, 1.54) is 0 Å². The van der Waals surface area contributed by atoms with E-state index in [2.05, 4.69) is 0 Å². The van der Waals surface area contributed by atoms with Crippen LogP contribution >= 0.6 is 0 Å². The maximum absolute atomic E-state index is 12.2. The average Bonchev–Trinajstić information content (AvgIpc) is 2.77. The second kappa shape index (κ2) is 6.00. The molecule has 0 radical (unpaired) electrons. The molecule has 17 heavy (non-hydrogen) atoms. The predicted octanol–water partition coefficient (Wildman–Crippen LogP) is 0.193. The van der Waals surface area contributed by atoms with Crippen LogP contribution in [0.3, 0.4) is 0 Å². The summed E-state index contributed by atoms with van der Waals surface area (Å²) >= 11 is 0. The molecule has 2 atom stereocenters. The first-order chi connectivity index (χ1) is 8.02. The van der Waals surface area contributed by atoms with E-state index in [1.807, 2.05) is 13.8 Å². The maximum Gasteiger partial charge on any atom is 0.245 e. The van der Waals surface area contributed by atoms with Crippen molar-refractivity contribution < 1.29 is 9.59 Å². The molecule has 1 rings (SSSR count). The van der Waals surface area contributed by atoms with Crippen molar-refractivity contribution in [1.29, 1.82) is 0 Å². The number of hydrogen-bond donors (Lipinski definition) is 1. The minimum Gasteiger partial charge on any atom is -0.341 e. The van der Waals surface area contributed by atoms with Crippen LogP contribution in [0.2, 0.25) is 0 Å². The van der Waals surface area contributed by atoms with Crippen molar-refractivity contribution in [3.8, 4) is 0 Å². The maximum atomic E-state index is 12.2. The zero-order valence-electron chi connectivity index (χ0n) is 11.0. The molecule has 0 aromatic carbocycles. The second-order valence-electron chi connectivity index (χ2n) is 4.49. The SMILES string of the molecule is CCN(CC)C(=O)C1CCCN1C(=O)[C@H](C)N. The third-order valence-electron chi connectivity index (χ3n) is 3.29. The molecule has 1 heterocycles. The van der Waals surface area contributed by atoms with Crippen molar-refractivity contribution in [2.45, 2.75) is 45.7 Å². The third kappa shape index (κ3) is 2.97. The Bertz CT molecular complexity index is 287. The summed E-state index contributed by atoms with van der Waals surface area (Å²) in [6.07, 6.45) is 1.64. The van der Waals surface area contributed by atoms with E-state index >= 15 is 0 Å². The van der Waals surface area contributed by atoms with Crippen molar-refractivity contribution in [3.63, 3.8) is 0 Å². The van der Waals surface area contributed by atoms with Gasteiger partial charge in [-0.1, -0.05) is 0 Å². The largest absolute Gasteiger partial charge is 0.341 e. The van der Waals surface area contributed by atoms with Gasteiger partial charge in [0.05, 0.1) is 6.04 Å². The van der Waals surface area contributed by atoms with E-state index < -0.39 is 6.04 Å². The van der Waals surface area contributed by atoms with Gasteiger partial charge >= 0.3 is 0 Å². The molecule has 2 amide bonds. The smallest absolute Gasteiger partial charge is 0.245 e. The topological polar surface area (TPSA) is 66.6 Å². The highest BCUT2D eigenvalue weighted by Gasteiger charge is 2.36. The summed E-state index contributed by atoms with van der Waals surface area (Å²) in [6.45, 7) is 7.60. The highest BCUT2D eigenvalue weighted by molar-refractivity contribution is 5.90. The lowest BCUT2D eigenvalue weighted by Crippen LogP contribution is -2.51. The summed E-state index contributed by atoms with van der Waals surface area (Å²) in [5, 5.41) is 0. The second-order valence-corrected chi connectivity index (χ2v) is 4.49. The van der Waals surface area contributed by atoms with E-state index in [0.29, 0.717) is 19.6 Å². The number of carbonyl (C=O) groups is 2. The number of hydrogen-bond acceptors (Lipinski definition) is 3. The van der Waals surface area contributed by atoms with Gasteiger partial charge in [0.1, 0.15) is 6.04 Å². The summed E-state index contributed by atoms with van der Waals surface area (Å²) < 4.78 is 0. The fourth-order valence-electron chi connectivity index (χ4n) is 2.29. The monoisotopic (exact) mass is 241 g/mol. The molecule has 1 saturated heterocycles. The normalized spacial score (nSPS) is 21.4. The van der Waals surface area contributed by atoms with Gasteiger partial charge in [-0.2, -0.15) is 0 Å². The Labute approximate surface area is 103 Å². The first-order valence-electron chi connectivity index (χ1n) is 6.37. The molecule has 0 aliphatic carbocycles. The molecule has 1 aliphatic rings. The molecule has 5 nitrogen and oxygen atoms in total. The summed E-state index contributed by atoms with van der Waals surface area (Å²) in [7, 11) is 0. The molecule has 0 spiro atoms. The van der Waals surface area contributed by atoms with Crippen LogP contribution in [0.15, 0.2) is 0 Å². The van der Waals surface area contributed by atoms with Gasteiger partial charge in [-0.3, -0.25) is 9.59 Å². The fourth-order valence-corrected chi connectivity index (χ4v) is 2.29. The Morgan fingerprint density at radius 1 is 1.41 bits per heavy atom. The van der Waals surface area contributed by atoms with E-state index in [-0.39, 0.29) is 17.9 Å². The van der Waals surface area contributed by atoms with Gasteiger partial charge in [-0.15, -0.1) is 0 Å². The molecule has 2 N–H and O–H groups in total. The van der Waals surface area contributed by atoms with Crippen LogP contribution in [0.4, 0.5) is 0 Å². The average molecular weight is 241 g/mol. The van der Waals surface area contributed by atoms with Crippen LogP contribution < -0.4 is 5.73 Å². The third-order valence-corrected chi connectivity index (χ3v) is 3.29. The van der Waals surface area contributed by atoms with Crippen LogP contribution in [0.25, 0.3) is 0 Å². The number of likely N-dealkylation sites (N-methyl/N-ethyl adjacent to an activating group) is 1. The minimum absolute atomic E-state index is 0.0569. The van der Waals surface area contributed by atoms with Crippen LogP contribution in [-0.2, 0) is 9.59 Å². The Balaban J connectivity index is 2.75. The van der Waals surface area contributed by atoms with Gasteiger partial charge in [0.25, 0.3) is 0 Å². The molecular weight excluding hydrogens is 218 g/mol. The lowest BCUT2D eigenvalue weighted by Gasteiger charge is -2.29. The van der Waals surface area contributed by atoms with Gasteiger partial charge < -0.3 is 15.5 Å². The molecule has 0 aromatic rings. The number of carbonyl (C=O) groups excluding carboxylic acids is 2. The van der Waals surface area contributed by atoms with E-state index in [9.17, 15) is 9.59 Å². The molecule has 5 heteroatoms. The molecule has 0 aromatic heterocycles. The Kier molecular flexibility index (Phi) is 4.93. The van der Waals surface area contributed by atoms with Crippen molar-refractivity contribution in [1.82, 2.24) is 9.80 Å². The number of amides is 2. The molecule has 0 bridgehead atoms. The zero-order chi connectivity index (χ0) is 13.0. The van der Waals surface area contributed by atoms with Crippen LogP contribution in [-0.4, -0.2) is 53.3 Å². The van der Waals surface area contributed by atoms with Crippen molar-refractivity contribution in [3.05, 3.63) is 0 Å². The van der Waals surface area contributed by atoms with Gasteiger partial charge in [0.15, 0.2) is 0 Å². The van der Waals surface area contributed by atoms with Crippen LogP contribution in [0, 0.1) is 0 Å². The van der Waals surface area contributed by atoms with Gasteiger partial charge in [0.2, 0.25) is 11.8 Å². The van der Waals surface area contributed by atoms with E-state index in [0.717, 1.165) is 12.8 Å². The summed E-state index contributed by atoms with van der Waals surface area (Å²) in [5.74, 6) is -0.0606. The summed E-state index contributed by atoms with van der Waals surface area (Å²) in [4.78, 5) is 27.5. The van der Waals surface area contributed by atoms with Crippen LogP contribution in [0.5, 0.6) is 0 Å². The van der Waals surface area contributed by atoms with Crippen molar-refractivity contribution in [2.24, 2.45) is 5.73 Å². The Morgan fingerprint density at radius 3 is 2.47 bits per heavy atom. The Hall–Kier alpha value is -1.10. The lowest BCUT2D eigenvalue weighted by atomic mass is 10.1. The summed E-state index contributed by atoms with van der Waals surface area (Å²) in [6, 6.07) is -0.825. The lowest BCUT2D eigenvalue weighted by molar-refractivity contribution is -0.144. The van der Waals surface area contributed by atoms with Gasteiger partial charge in [0, 0.05) is 19.6 Å². The number of rotatable bonds is 4. The fraction of sp³-hybridized carbons (Fsp3) is 0.833. The van der Waals surface area contributed by atoms with E-state index in [4.69, 9.17) is 5.73 Å². The highest BCUT2D eigenvalue weighted by Crippen LogP contribution is 2.20. The molecule has 98 valence electrons. The van der Waals surface area contributed by atoms with Crippen molar-refractivity contribution in [2.75, 3.05) is 19.6 Å². The molecular formula is C12H23N3O2. The minimum atomic E-state index is -0.528. The van der Waals surface area contributed by atoms with E-state index in [1.54, 1.807) is 16.7 Å². The number of nitrogens with zero attached hydrogens (tertiary/aromatic N) is 2. The molecule has 0 saturated carbocycles. The van der Waals surface area contributed by atoms with Gasteiger partial charge in [-0.25, -0.2) is 0 Å². The summed E-state index contributed by atoms with van der Waals surface area (Å²) in [5.41, 5.74) is 5.60. The molecule has 1 aliphatic heterocycles. The first kappa shape index (κ1) is 14.0. The quantitative estimate of drug-likeness (QED) is 0.764. The predicted molar refractivity (Wildman–Crippen MR) is 66.3 cm³/mol. The van der Waals surface area contributed by atoms with Crippen molar-refractivity contribution >= 4 is 11.8 Å². The highest BCUT2D eigenvalue weighted by atomic mass is 16.2. The first-order valence-corrected chi connectivity index (χ1v) is 6.37. The zero-order valence-corrected chi connectivity index (χ0v) is 11.0. The Morgan fingerprint density at radius 2 is 2.00 bits per heavy atom. The molecule has 1 unspecified atom stereocenters. The van der Waals surface area contributed by atoms with Gasteiger partial charge in [-0.05, 0) is 33.6 Å².